The highest BCUT2D eigenvalue weighted by Crippen LogP contribution is 2.33. The van der Waals surface area contributed by atoms with Gasteiger partial charge in [0.15, 0.2) is 0 Å². The Morgan fingerprint density at radius 1 is 1.05 bits per heavy atom. The van der Waals surface area contributed by atoms with Crippen LogP contribution in [-0.2, 0) is 6.54 Å². The molecule has 106 valence electrons. The first kappa shape index (κ1) is 14.9. The van der Waals surface area contributed by atoms with Gasteiger partial charge in [-0.25, -0.2) is 10.4 Å². The van der Waals surface area contributed by atoms with Gasteiger partial charge in [-0.2, -0.15) is 0 Å². The average molecular weight is 287 g/mol. The van der Waals surface area contributed by atoms with Gasteiger partial charge in [-0.15, -0.1) is 11.8 Å². The summed E-state index contributed by atoms with van der Waals surface area (Å²) in [5.74, 6) is 0.827. The zero-order valence-corrected chi connectivity index (χ0v) is 13.0. The van der Waals surface area contributed by atoms with Gasteiger partial charge in [0, 0.05) is 22.4 Å². The van der Waals surface area contributed by atoms with Crippen LogP contribution >= 0.6 is 11.8 Å². The molecule has 20 heavy (non-hydrogen) atoms. The van der Waals surface area contributed by atoms with E-state index in [2.05, 4.69) is 60.9 Å². The second-order valence-corrected chi connectivity index (χ2v) is 7.38. The molecule has 4 heteroatoms. The Hall–Kier alpha value is -1.52. The molecule has 0 aliphatic carbocycles. The lowest BCUT2D eigenvalue weighted by Gasteiger charge is -2.20. The van der Waals surface area contributed by atoms with Crippen molar-refractivity contribution >= 4 is 17.6 Å². The molecule has 0 amide bonds. The SMILES string of the molecule is CC(C)(C)Sc1ccccc1CNNc1ccccn1. The molecule has 0 saturated heterocycles. The third kappa shape index (κ3) is 4.87. The van der Waals surface area contributed by atoms with Crippen LogP contribution in [0.3, 0.4) is 0 Å². The molecule has 0 bridgehead atoms. The van der Waals surface area contributed by atoms with Crippen LogP contribution < -0.4 is 10.9 Å². The van der Waals surface area contributed by atoms with Gasteiger partial charge < -0.3 is 5.43 Å². The Kier molecular flexibility index (Phi) is 5.04. The highest BCUT2D eigenvalue weighted by molar-refractivity contribution is 8.00. The Balaban J connectivity index is 1.96. The topological polar surface area (TPSA) is 37.0 Å². The number of hydrogen-bond acceptors (Lipinski definition) is 4. The van der Waals surface area contributed by atoms with Crippen LogP contribution in [0.2, 0.25) is 0 Å². The first-order valence-corrected chi connectivity index (χ1v) is 7.53. The molecular weight excluding hydrogens is 266 g/mol. The van der Waals surface area contributed by atoms with E-state index in [1.54, 1.807) is 6.20 Å². The lowest BCUT2D eigenvalue weighted by Crippen LogP contribution is -2.22. The normalized spacial score (nSPS) is 11.3. The van der Waals surface area contributed by atoms with Gasteiger partial charge in [-0.1, -0.05) is 45.0 Å². The maximum atomic E-state index is 4.21. The number of hydrazine groups is 1. The zero-order valence-electron chi connectivity index (χ0n) is 12.2. The van der Waals surface area contributed by atoms with Crippen LogP contribution in [0.4, 0.5) is 5.82 Å². The van der Waals surface area contributed by atoms with E-state index < -0.39 is 0 Å². The fourth-order valence-electron chi connectivity index (χ4n) is 1.75. The third-order valence-corrected chi connectivity index (χ3v) is 3.78. The third-order valence-electron chi connectivity index (χ3n) is 2.55. The van der Waals surface area contributed by atoms with Gasteiger partial charge >= 0.3 is 0 Å². The fraction of sp³-hybridized carbons (Fsp3) is 0.312. The molecule has 0 aliphatic rings. The molecule has 0 atom stereocenters. The lowest BCUT2D eigenvalue weighted by molar-refractivity contribution is 0.774. The summed E-state index contributed by atoms with van der Waals surface area (Å²) in [5.41, 5.74) is 7.62. The van der Waals surface area contributed by atoms with Crippen molar-refractivity contribution in [3.8, 4) is 0 Å². The second-order valence-electron chi connectivity index (χ2n) is 5.52. The minimum absolute atomic E-state index is 0.213. The predicted octanol–water partition coefficient (Wildman–Crippen LogP) is 4.09. The molecule has 2 aromatic rings. The first-order chi connectivity index (χ1) is 9.54. The molecular formula is C16H21N3S. The quantitative estimate of drug-likeness (QED) is 0.641. The van der Waals surface area contributed by atoms with E-state index in [1.165, 1.54) is 10.5 Å². The van der Waals surface area contributed by atoms with E-state index in [0.717, 1.165) is 12.4 Å². The van der Waals surface area contributed by atoms with E-state index in [-0.39, 0.29) is 4.75 Å². The molecule has 2 rings (SSSR count). The standard InChI is InChI=1S/C16H21N3S/c1-16(2,3)20-14-9-5-4-8-13(14)12-18-19-15-10-6-7-11-17-15/h4-11,18H,12H2,1-3H3,(H,17,19). The Bertz CT molecular complexity index is 535. The number of thioether (sulfide) groups is 1. The van der Waals surface area contributed by atoms with Crippen LogP contribution in [0.1, 0.15) is 26.3 Å². The van der Waals surface area contributed by atoms with E-state index in [0.29, 0.717) is 0 Å². The van der Waals surface area contributed by atoms with Crippen molar-refractivity contribution in [2.75, 3.05) is 5.43 Å². The van der Waals surface area contributed by atoms with Crippen molar-refractivity contribution in [3.63, 3.8) is 0 Å². The molecule has 0 spiro atoms. The summed E-state index contributed by atoms with van der Waals surface area (Å²) in [4.78, 5) is 5.53. The maximum absolute atomic E-state index is 4.21. The van der Waals surface area contributed by atoms with E-state index >= 15 is 0 Å². The van der Waals surface area contributed by atoms with Crippen molar-refractivity contribution < 1.29 is 0 Å². The number of nitrogens with zero attached hydrogens (tertiary/aromatic N) is 1. The zero-order chi connectivity index (χ0) is 14.4. The van der Waals surface area contributed by atoms with Gasteiger partial charge in [0.05, 0.1) is 0 Å². The molecule has 1 heterocycles. The van der Waals surface area contributed by atoms with E-state index in [4.69, 9.17) is 0 Å². The molecule has 2 N–H and O–H groups in total. The number of anilines is 1. The molecule has 0 saturated carbocycles. The van der Waals surface area contributed by atoms with E-state index in [1.807, 2.05) is 30.0 Å². The summed E-state index contributed by atoms with van der Waals surface area (Å²) < 4.78 is 0.213. The number of benzene rings is 1. The summed E-state index contributed by atoms with van der Waals surface area (Å²) in [6, 6.07) is 14.3. The van der Waals surface area contributed by atoms with Crippen molar-refractivity contribution in [2.24, 2.45) is 0 Å². The number of rotatable bonds is 5. The van der Waals surface area contributed by atoms with Gasteiger partial charge in [0.25, 0.3) is 0 Å². The summed E-state index contributed by atoms with van der Waals surface area (Å²) >= 11 is 1.89. The van der Waals surface area contributed by atoms with Gasteiger partial charge in [0.2, 0.25) is 0 Å². The van der Waals surface area contributed by atoms with Crippen LogP contribution in [0.15, 0.2) is 53.6 Å². The summed E-state index contributed by atoms with van der Waals surface area (Å²) in [5, 5.41) is 0. The van der Waals surface area contributed by atoms with Crippen molar-refractivity contribution in [2.45, 2.75) is 37.0 Å². The fourth-order valence-corrected chi connectivity index (χ4v) is 2.82. The second kappa shape index (κ2) is 6.77. The van der Waals surface area contributed by atoms with Crippen molar-refractivity contribution in [1.29, 1.82) is 0 Å². The highest BCUT2D eigenvalue weighted by Gasteiger charge is 2.14. The first-order valence-electron chi connectivity index (χ1n) is 6.71. The van der Waals surface area contributed by atoms with Crippen LogP contribution in [-0.4, -0.2) is 9.73 Å². The molecule has 1 aromatic carbocycles. The molecule has 0 radical (unpaired) electrons. The Labute approximate surface area is 125 Å². The summed E-state index contributed by atoms with van der Waals surface area (Å²) in [6.45, 7) is 7.45. The highest BCUT2D eigenvalue weighted by atomic mass is 32.2. The van der Waals surface area contributed by atoms with Crippen molar-refractivity contribution in [3.05, 3.63) is 54.2 Å². The van der Waals surface area contributed by atoms with Gasteiger partial charge in [-0.3, -0.25) is 0 Å². The monoisotopic (exact) mass is 287 g/mol. The molecule has 0 unspecified atom stereocenters. The Morgan fingerprint density at radius 2 is 1.80 bits per heavy atom. The number of aromatic nitrogens is 1. The molecule has 0 fully saturated rings. The average Bonchev–Trinajstić information content (AvgIpc) is 2.40. The summed E-state index contributed by atoms with van der Waals surface area (Å²) in [7, 11) is 0. The molecule has 0 aliphatic heterocycles. The number of nitrogens with one attached hydrogen (secondary N) is 2. The van der Waals surface area contributed by atoms with Crippen molar-refractivity contribution in [1.82, 2.24) is 10.4 Å². The van der Waals surface area contributed by atoms with E-state index in [9.17, 15) is 0 Å². The van der Waals surface area contributed by atoms with Crippen LogP contribution in [0, 0.1) is 0 Å². The summed E-state index contributed by atoms with van der Waals surface area (Å²) in [6.07, 6.45) is 1.77. The largest absolute Gasteiger partial charge is 0.305 e. The predicted molar refractivity (Wildman–Crippen MR) is 86.8 cm³/mol. The van der Waals surface area contributed by atoms with Crippen LogP contribution in [0.5, 0.6) is 0 Å². The maximum Gasteiger partial charge on any atom is 0.140 e. The Morgan fingerprint density at radius 3 is 2.50 bits per heavy atom. The molecule has 3 nitrogen and oxygen atoms in total. The minimum Gasteiger partial charge on any atom is -0.305 e. The minimum atomic E-state index is 0.213. The number of pyridine rings is 1. The molecule has 1 aromatic heterocycles. The number of hydrogen-bond donors (Lipinski definition) is 2. The smallest absolute Gasteiger partial charge is 0.140 e. The lowest BCUT2D eigenvalue weighted by atomic mass is 10.2. The van der Waals surface area contributed by atoms with Gasteiger partial charge in [-0.05, 0) is 23.8 Å². The van der Waals surface area contributed by atoms with Gasteiger partial charge in [0.1, 0.15) is 5.82 Å². The van der Waals surface area contributed by atoms with Crippen LogP contribution in [0.25, 0.3) is 0 Å².